The van der Waals surface area contributed by atoms with E-state index in [9.17, 15) is 4.79 Å². The average molecular weight is 297 g/mol. The molecular formula is C16H31N3O2. The Morgan fingerprint density at radius 1 is 1.29 bits per heavy atom. The van der Waals surface area contributed by atoms with Crippen LogP contribution in [0.25, 0.3) is 0 Å². The summed E-state index contributed by atoms with van der Waals surface area (Å²) in [7, 11) is 0. The van der Waals surface area contributed by atoms with Crippen LogP contribution in [0.5, 0.6) is 0 Å². The van der Waals surface area contributed by atoms with Crippen LogP contribution in [0.3, 0.4) is 0 Å². The van der Waals surface area contributed by atoms with Crippen LogP contribution in [0.4, 0.5) is 0 Å². The zero-order valence-electron chi connectivity index (χ0n) is 14.1. The molecule has 1 fully saturated rings. The van der Waals surface area contributed by atoms with Gasteiger partial charge in [0.1, 0.15) is 5.60 Å². The molecule has 0 heterocycles. The maximum atomic E-state index is 12.0. The summed E-state index contributed by atoms with van der Waals surface area (Å²) in [5, 5.41) is 3.26. The van der Waals surface area contributed by atoms with Gasteiger partial charge in [-0.15, -0.1) is 0 Å². The predicted molar refractivity (Wildman–Crippen MR) is 86.1 cm³/mol. The zero-order valence-corrected chi connectivity index (χ0v) is 14.1. The summed E-state index contributed by atoms with van der Waals surface area (Å²) in [5.41, 5.74) is 5.48. The number of nitrogens with two attached hydrogens (primary N) is 1. The molecule has 0 bridgehead atoms. The predicted octanol–water partition coefficient (Wildman–Crippen LogP) is 2.45. The molecule has 0 unspecified atom stereocenters. The number of aliphatic imine (C=N–C) groups is 1. The summed E-state index contributed by atoms with van der Waals surface area (Å²) in [6.07, 6.45) is 3.57. The zero-order chi connectivity index (χ0) is 16.0. The molecule has 3 N–H and O–H groups in total. The van der Waals surface area contributed by atoms with Crippen molar-refractivity contribution in [2.24, 2.45) is 22.6 Å². The number of ether oxygens (including phenoxy) is 1. The largest absolute Gasteiger partial charge is 0.460 e. The van der Waals surface area contributed by atoms with Crippen molar-refractivity contribution in [2.75, 3.05) is 6.54 Å². The van der Waals surface area contributed by atoms with Gasteiger partial charge in [0.05, 0.1) is 5.92 Å². The Morgan fingerprint density at radius 2 is 1.86 bits per heavy atom. The highest BCUT2D eigenvalue weighted by molar-refractivity contribution is 5.78. The third kappa shape index (κ3) is 7.34. The highest BCUT2D eigenvalue weighted by Crippen LogP contribution is 2.26. The van der Waals surface area contributed by atoms with Crippen LogP contribution in [-0.4, -0.2) is 30.1 Å². The van der Waals surface area contributed by atoms with Crippen molar-refractivity contribution < 1.29 is 9.53 Å². The maximum Gasteiger partial charge on any atom is 0.309 e. The van der Waals surface area contributed by atoms with Crippen molar-refractivity contribution in [1.82, 2.24) is 5.32 Å². The molecule has 0 atom stereocenters. The van der Waals surface area contributed by atoms with Crippen LogP contribution < -0.4 is 11.1 Å². The highest BCUT2D eigenvalue weighted by atomic mass is 16.6. The molecule has 21 heavy (non-hydrogen) atoms. The minimum absolute atomic E-state index is 0.0242. The number of carbonyl (C=O) groups excluding carboxylic acids is 1. The third-order valence-corrected chi connectivity index (χ3v) is 3.45. The van der Waals surface area contributed by atoms with E-state index in [0.717, 1.165) is 32.2 Å². The topological polar surface area (TPSA) is 76.7 Å². The summed E-state index contributed by atoms with van der Waals surface area (Å²) in [6, 6.07) is 0.319. The molecule has 0 aromatic carbocycles. The Labute approximate surface area is 128 Å². The van der Waals surface area contributed by atoms with Crippen LogP contribution in [0.15, 0.2) is 4.99 Å². The molecule has 5 nitrogen and oxygen atoms in total. The molecule has 0 spiro atoms. The second-order valence-electron chi connectivity index (χ2n) is 7.35. The van der Waals surface area contributed by atoms with Crippen molar-refractivity contribution in [1.29, 1.82) is 0 Å². The lowest BCUT2D eigenvalue weighted by atomic mass is 9.86. The van der Waals surface area contributed by atoms with Crippen LogP contribution in [0.1, 0.15) is 60.3 Å². The fourth-order valence-electron chi connectivity index (χ4n) is 2.39. The van der Waals surface area contributed by atoms with Gasteiger partial charge in [0.25, 0.3) is 0 Å². The van der Waals surface area contributed by atoms with E-state index in [0.29, 0.717) is 17.9 Å². The molecule has 1 aliphatic rings. The van der Waals surface area contributed by atoms with Crippen molar-refractivity contribution in [3.63, 3.8) is 0 Å². The summed E-state index contributed by atoms with van der Waals surface area (Å²) in [6.45, 7) is 10.7. The van der Waals surface area contributed by atoms with Crippen LogP contribution >= 0.6 is 0 Å². The molecule has 122 valence electrons. The lowest BCUT2D eigenvalue weighted by molar-refractivity contribution is -0.161. The molecule has 1 saturated carbocycles. The van der Waals surface area contributed by atoms with E-state index in [-0.39, 0.29) is 11.9 Å². The number of hydrogen-bond acceptors (Lipinski definition) is 3. The molecule has 0 aromatic rings. The number of nitrogens with one attached hydrogen (secondary N) is 1. The van der Waals surface area contributed by atoms with Gasteiger partial charge in [-0.25, -0.2) is 0 Å². The lowest BCUT2D eigenvalue weighted by Crippen LogP contribution is -2.43. The third-order valence-electron chi connectivity index (χ3n) is 3.45. The standard InChI is InChI=1S/C16H31N3O2/c1-11(2)10-18-15(17)19-13-8-6-12(7-9-13)14(20)21-16(3,4)5/h11-13H,6-10H2,1-5H3,(H3,17,18,19). The second-order valence-corrected chi connectivity index (χ2v) is 7.35. The molecule has 0 aliphatic heterocycles. The van der Waals surface area contributed by atoms with Gasteiger partial charge in [0.15, 0.2) is 5.96 Å². The number of carbonyl (C=O) groups is 1. The van der Waals surface area contributed by atoms with E-state index < -0.39 is 5.60 Å². The number of guanidine groups is 1. The molecule has 0 saturated heterocycles. The highest BCUT2D eigenvalue weighted by Gasteiger charge is 2.29. The van der Waals surface area contributed by atoms with E-state index in [1.165, 1.54) is 0 Å². The normalized spacial score (nSPS) is 24.0. The smallest absolute Gasteiger partial charge is 0.309 e. The van der Waals surface area contributed by atoms with Crippen molar-refractivity contribution in [3.05, 3.63) is 0 Å². The Hall–Kier alpha value is -1.26. The SMILES string of the molecule is CC(C)CN=C(N)NC1CCC(C(=O)OC(C)(C)C)CC1. The molecule has 0 amide bonds. The van der Waals surface area contributed by atoms with Gasteiger partial charge >= 0.3 is 5.97 Å². The quantitative estimate of drug-likeness (QED) is 0.475. The molecule has 1 rings (SSSR count). The van der Waals surface area contributed by atoms with Gasteiger partial charge in [-0.1, -0.05) is 13.8 Å². The van der Waals surface area contributed by atoms with Gasteiger partial charge in [0, 0.05) is 12.6 Å². The number of nitrogens with zero attached hydrogens (tertiary/aromatic N) is 1. The first-order chi connectivity index (χ1) is 9.67. The van der Waals surface area contributed by atoms with Crippen LogP contribution in [0.2, 0.25) is 0 Å². The molecular weight excluding hydrogens is 266 g/mol. The fraction of sp³-hybridized carbons (Fsp3) is 0.875. The minimum Gasteiger partial charge on any atom is -0.460 e. The first-order valence-corrected chi connectivity index (χ1v) is 7.96. The van der Waals surface area contributed by atoms with Gasteiger partial charge < -0.3 is 15.8 Å². The molecule has 0 radical (unpaired) electrons. The van der Waals surface area contributed by atoms with E-state index in [1.54, 1.807) is 0 Å². The van der Waals surface area contributed by atoms with Crippen molar-refractivity contribution >= 4 is 11.9 Å². The van der Waals surface area contributed by atoms with E-state index >= 15 is 0 Å². The van der Waals surface area contributed by atoms with Gasteiger partial charge in [0.2, 0.25) is 0 Å². The molecule has 0 aromatic heterocycles. The first-order valence-electron chi connectivity index (χ1n) is 7.96. The Bertz CT molecular complexity index is 364. The van der Waals surface area contributed by atoms with Crippen LogP contribution in [-0.2, 0) is 9.53 Å². The molecule has 1 aliphatic carbocycles. The Kier molecular flexibility index (Phi) is 6.49. The summed E-state index contributed by atoms with van der Waals surface area (Å²) >= 11 is 0. The Balaban J connectivity index is 2.35. The van der Waals surface area contributed by atoms with Crippen molar-refractivity contribution in [2.45, 2.75) is 71.9 Å². The second kappa shape index (κ2) is 7.66. The monoisotopic (exact) mass is 297 g/mol. The molecule has 5 heteroatoms. The summed E-state index contributed by atoms with van der Waals surface area (Å²) in [4.78, 5) is 16.3. The first kappa shape index (κ1) is 17.8. The van der Waals surface area contributed by atoms with Gasteiger partial charge in [-0.3, -0.25) is 9.79 Å². The van der Waals surface area contributed by atoms with E-state index in [4.69, 9.17) is 10.5 Å². The lowest BCUT2D eigenvalue weighted by Gasteiger charge is -2.30. The minimum atomic E-state index is -0.403. The van der Waals surface area contributed by atoms with Crippen molar-refractivity contribution in [3.8, 4) is 0 Å². The van der Waals surface area contributed by atoms with Gasteiger partial charge in [-0.05, 0) is 52.4 Å². The number of rotatable bonds is 4. The summed E-state index contributed by atoms with van der Waals surface area (Å²) in [5.74, 6) is 0.983. The number of esters is 1. The average Bonchev–Trinajstić information content (AvgIpc) is 2.35. The Morgan fingerprint density at radius 3 is 2.33 bits per heavy atom. The van der Waals surface area contributed by atoms with Crippen LogP contribution in [0, 0.1) is 11.8 Å². The summed E-state index contributed by atoms with van der Waals surface area (Å²) < 4.78 is 5.45. The maximum absolute atomic E-state index is 12.0. The number of hydrogen-bond donors (Lipinski definition) is 2. The van der Waals surface area contributed by atoms with E-state index in [2.05, 4.69) is 24.2 Å². The van der Waals surface area contributed by atoms with Gasteiger partial charge in [-0.2, -0.15) is 0 Å². The van der Waals surface area contributed by atoms with E-state index in [1.807, 2.05) is 20.8 Å². The fourth-order valence-corrected chi connectivity index (χ4v) is 2.39.